The predicted molar refractivity (Wildman–Crippen MR) is 62.0 cm³/mol. The Hall–Kier alpha value is -1.28. The highest BCUT2D eigenvalue weighted by molar-refractivity contribution is 8.22. The largest absolute Gasteiger partial charge is 0.295 e. The maximum absolute atomic E-state index is 11.1. The number of hydrogen-bond acceptors (Lipinski definition) is 1. The molecule has 1 aromatic rings. The van der Waals surface area contributed by atoms with Crippen molar-refractivity contribution >= 4 is 16.7 Å². The van der Waals surface area contributed by atoms with E-state index in [9.17, 15) is 4.79 Å². The summed E-state index contributed by atoms with van der Waals surface area (Å²) in [6.07, 6.45) is 4.15. The van der Waals surface area contributed by atoms with E-state index in [1.165, 1.54) is 4.90 Å². The monoisotopic (exact) mass is 204 g/mol. The molecule has 0 fully saturated rings. The smallest absolute Gasteiger partial charge is 0.159 e. The van der Waals surface area contributed by atoms with E-state index < -0.39 is 0 Å². The van der Waals surface area contributed by atoms with Crippen LogP contribution in [0.3, 0.4) is 0 Å². The van der Waals surface area contributed by atoms with Crippen LogP contribution in [0.2, 0.25) is 0 Å². The second kappa shape index (κ2) is 3.84. The number of benzene rings is 1. The van der Waals surface area contributed by atoms with Crippen molar-refractivity contribution in [3.63, 3.8) is 0 Å². The Morgan fingerprint density at radius 2 is 1.64 bits per heavy atom. The van der Waals surface area contributed by atoms with Crippen LogP contribution >= 0.6 is 10.9 Å². The number of thiol groups is 1. The summed E-state index contributed by atoms with van der Waals surface area (Å²) >= 11 is 0. The zero-order valence-corrected chi connectivity index (χ0v) is 8.87. The lowest BCUT2D eigenvalue weighted by Gasteiger charge is -2.09. The van der Waals surface area contributed by atoms with Gasteiger partial charge in [0, 0.05) is 5.56 Å². The van der Waals surface area contributed by atoms with E-state index in [0.717, 1.165) is 5.56 Å². The molecule has 0 amide bonds. The quantitative estimate of drug-likeness (QED) is 0.578. The first-order chi connectivity index (χ1) is 6.77. The van der Waals surface area contributed by atoms with E-state index in [0.29, 0.717) is 0 Å². The Morgan fingerprint density at radius 1 is 1.07 bits per heavy atom. The van der Waals surface area contributed by atoms with Gasteiger partial charge in [0.15, 0.2) is 5.78 Å². The first kappa shape index (κ1) is 9.28. The van der Waals surface area contributed by atoms with Crippen molar-refractivity contribution in [1.82, 2.24) is 0 Å². The molecule has 1 heterocycles. The molecule has 0 spiro atoms. The van der Waals surface area contributed by atoms with Gasteiger partial charge in [-0.25, -0.2) is 0 Å². The summed E-state index contributed by atoms with van der Waals surface area (Å²) in [5.74, 6) is 0.127. The number of rotatable bonds is 2. The number of Topliss-reactive ketones (excluding diaryl/α,β-unsaturated/α-hetero) is 1. The van der Waals surface area contributed by atoms with E-state index >= 15 is 0 Å². The third kappa shape index (κ3) is 1.80. The molecule has 2 rings (SSSR count). The molecule has 0 bridgehead atoms. The molecule has 0 saturated heterocycles. The zero-order chi connectivity index (χ0) is 9.97. The van der Waals surface area contributed by atoms with Gasteiger partial charge >= 0.3 is 0 Å². The molecule has 1 nitrogen and oxygen atoms in total. The van der Waals surface area contributed by atoms with Crippen LogP contribution in [0.25, 0.3) is 0 Å². The van der Waals surface area contributed by atoms with Crippen molar-refractivity contribution in [3.8, 4) is 0 Å². The third-order valence-electron chi connectivity index (χ3n) is 2.18. The molecule has 0 aliphatic carbocycles. The topological polar surface area (TPSA) is 17.1 Å². The van der Waals surface area contributed by atoms with Crippen LogP contribution in [-0.2, 0) is 0 Å². The Bertz CT molecular complexity index is 389. The van der Waals surface area contributed by atoms with Gasteiger partial charge in [0.2, 0.25) is 0 Å². The van der Waals surface area contributed by atoms with Crippen molar-refractivity contribution in [3.05, 3.63) is 52.8 Å². The molecule has 2 heteroatoms. The molecular weight excluding hydrogens is 192 g/mol. The van der Waals surface area contributed by atoms with Crippen LogP contribution in [-0.4, -0.2) is 5.78 Å². The Labute approximate surface area is 86.5 Å². The molecule has 0 radical (unpaired) electrons. The maximum Gasteiger partial charge on any atom is 0.159 e. The average Bonchev–Trinajstić information content (AvgIpc) is 2.71. The molecule has 0 saturated carbocycles. The fraction of sp³-hybridized carbons (Fsp3) is 0.0833. The van der Waals surface area contributed by atoms with Gasteiger partial charge < -0.3 is 0 Å². The summed E-state index contributed by atoms with van der Waals surface area (Å²) in [4.78, 5) is 12.4. The molecule has 1 aromatic carbocycles. The normalized spacial score (nSPS) is 16.2. The molecule has 14 heavy (non-hydrogen) atoms. The number of carbonyl (C=O) groups excluding carboxylic acids is 1. The van der Waals surface area contributed by atoms with Crippen LogP contribution in [0, 0.1) is 0 Å². The maximum atomic E-state index is 11.1. The molecule has 0 N–H and O–H groups in total. The molecule has 0 unspecified atom stereocenters. The highest BCUT2D eigenvalue weighted by Gasteiger charge is 2.03. The SMILES string of the molecule is CC(=O)c1ccc([SH]2C=CC=C2)cc1. The fourth-order valence-corrected chi connectivity index (χ4v) is 2.88. The number of allylic oxidation sites excluding steroid dienone is 2. The second-order valence-corrected chi connectivity index (χ2v) is 5.12. The molecule has 0 atom stereocenters. The molecule has 72 valence electrons. The standard InChI is InChI=1S/C12H12OS/c1-10(13)11-4-6-12(7-5-11)14-8-2-3-9-14/h2-9,14H,1H3. The highest BCUT2D eigenvalue weighted by Crippen LogP contribution is 2.41. The fourth-order valence-electron chi connectivity index (χ4n) is 1.37. The van der Waals surface area contributed by atoms with E-state index in [1.807, 2.05) is 24.3 Å². The minimum Gasteiger partial charge on any atom is -0.295 e. The van der Waals surface area contributed by atoms with Crippen LogP contribution < -0.4 is 0 Å². The molecule has 1 aliphatic rings. The number of hydrogen-bond donors (Lipinski definition) is 1. The van der Waals surface area contributed by atoms with E-state index in [-0.39, 0.29) is 16.7 Å². The summed E-state index contributed by atoms with van der Waals surface area (Å²) in [5.41, 5.74) is 0.788. The van der Waals surface area contributed by atoms with Crippen LogP contribution in [0.5, 0.6) is 0 Å². The van der Waals surface area contributed by atoms with Gasteiger partial charge in [-0.1, -0.05) is 24.3 Å². The van der Waals surface area contributed by atoms with Crippen molar-refractivity contribution in [2.45, 2.75) is 11.8 Å². The minimum atomic E-state index is -0.244. The van der Waals surface area contributed by atoms with Crippen molar-refractivity contribution < 1.29 is 4.79 Å². The van der Waals surface area contributed by atoms with Crippen molar-refractivity contribution in [2.75, 3.05) is 0 Å². The predicted octanol–water partition coefficient (Wildman–Crippen LogP) is 3.29. The van der Waals surface area contributed by atoms with Gasteiger partial charge in [-0.2, -0.15) is 10.9 Å². The molecule has 0 aromatic heterocycles. The van der Waals surface area contributed by atoms with Gasteiger partial charge in [-0.3, -0.25) is 4.79 Å². The lowest BCUT2D eigenvalue weighted by molar-refractivity contribution is 0.101. The van der Waals surface area contributed by atoms with Crippen molar-refractivity contribution in [1.29, 1.82) is 0 Å². The Balaban J connectivity index is 2.25. The second-order valence-electron chi connectivity index (χ2n) is 3.19. The first-order valence-corrected chi connectivity index (χ1v) is 6.00. The van der Waals surface area contributed by atoms with Crippen LogP contribution in [0.4, 0.5) is 0 Å². The van der Waals surface area contributed by atoms with Gasteiger partial charge in [-0.15, -0.1) is 0 Å². The van der Waals surface area contributed by atoms with E-state index in [1.54, 1.807) is 6.92 Å². The molecule has 1 aliphatic heterocycles. The van der Waals surface area contributed by atoms with Gasteiger partial charge in [0.25, 0.3) is 0 Å². The lowest BCUT2D eigenvalue weighted by atomic mass is 10.2. The van der Waals surface area contributed by atoms with Crippen LogP contribution in [0.1, 0.15) is 17.3 Å². The number of ketones is 1. The van der Waals surface area contributed by atoms with Gasteiger partial charge in [0.1, 0.15) is 0 Å². The Kier molecular flexibility index (Phi) is 2.55. The summed E-state index contributed by atoms with van der Waals surface area (Å²) in [7, 11) is -0.244. The van der Waals surface area contributed by atoms with Gasteiger partial charge in [-0.05, 0) is 34.8 Å². The number of carbonyl (C=O) groups is 1. The van der Waals surface area contributed by atoms with E-state index in [4.69, 9.17) is 0 Å². The lowest BCUT2D eigenvalue weighted by Crippen LogP contribution is -1.90. The minimum absolute atomic E-state index is 0.127. The third-order valence-corrected chi connectivity index (χ3v) is 4.06. The summed E-state index contributed by atoms with van der Waals surface area (Å²) in [5, 5.41) is 4.41. The Morgan fingerprint density at radius 3 is 2.14 bits per heavy atom. The molecular formula is C12H12OS. The summed E-state index contributed by atoms with van der Waals surface area (Å²) in [6.45, 7) is 1.59. The van der Waals surface area contributed by atoms with Crippen molar-refractivity contribution in [2.24, 2.45) is 0 Å². The zero-order valence-electron chi connectivity index (χ0n) is 7.97. The van der Waals surface area contributed by atoms with E-state index in [2.05, 4.69) is 23.0 Å². The van der Waals surface area contributed by atoms with Gasteiger partial charge in [0.05, 0.1) is 0 Å². The first-order valence-electron chi connectivity index (χ1n) is 4.52. The summed E-state index contributed by atoms with van der Waals surface area (Å²) < 4.78 is 0. The average molecular weight is 204 g/mol. The van der Waals surface area contributed by atoms with Crippen LogP contribution in [0.15, 0.2) is 52.1 Å². The summed E-state index contributed by atoms with van der Waals surface area (Å²) in [6, 6.07) is 7.89. The highest BCUT2D eigenvalue weighted by atomic mass is 32.2.